The molecular weight excluding hydrogens is 396 g/mol. The zero-order valence-electron chi connectivity index (χ0n) is 15.8. The van der Waals surface area contributed by atoms with Crippen molar-refractivity contribution in [2.75, 3.05) is 4.90 Å². The summed E-state index contributed by atoms with van der Waals surface area (Å²) in [5.74, 6) is -0.433. The lowest BCUT2D eigenvalue weighted by molar-refractivity contribution is 0.0982. The van der Waals surface area contributed by atoms with Gasteiger partial charge in [-0.15, -0.1) is 0 Å². The molecule has 0 saturated heterocycles. The Morgan fingerprint density at radius 3 is 2.50 bits per heavy atom. The van der Waals surface area contributed by atoms with Crippen molar-refractivity contribution >= 4 is 43.6 Å². The van der Waals surface area contributed by atoms with Crippen molar-refractivity contribution in [1.82, 2.24) is 4.98 Å². The zero-order chi connectivity index (χ0) is 20.5. The number of amides is 1. The highest BCUT2D eigenvalue weighted by Crippen LogP contribution is 2.30. The van der Waals surface area contributed by atoms with E-state index in [2.05, 4.69) is 4.98 Å². The molecule has 0 atom stereocenters. The Labute approximate surface area is 175 Å². The van der Waals surface area contributed by atoms with E-state index in [0.717, 1.165) is 15.8 Å². The summed E-state index contributed by atoms with van der Waals surface area (Å²) in [6.45, 7) is 0.297. The third kappa shape index (κ3) is 3.27. The van der Waals surface area contributed by atoms with Gasteiger partial charge in [-0.05, 0) is 29.8 Å². The van der Waals surface area contributed by atoms with E-state index in [1.807, 2.05) is 54.6 Å². The molecule has 0 saturated carbocycles. The fourth-order valence-electron chi connectivity index (χ4n) is 3.34. The van der Waals surface area contributed by atoms with E-state index in [0.29, 0.717) is 22.6 Å². The summed E-state index contributed by atoms with van der Waals surface area (Å²) in [7, 11) is 0. The Morgan fingerprint density at radius 1 is 0.933 bits per heavy atom. The quantitative estimate of drug-likeness (QED) is 0.404. The molecule has 0 aliphatic heterocycles. The maximum absolute atomic E-state index is 13.5. The first-order valence-electron chi connectivity index (χ1n) is 9.42. The normalized spacial score (nSPS) is 11.1. The molecule has 2 aromatic heterocycles. The van der Waals surface area contributed by atoms with E-state index >= 15 is 0 Å². The van der Waals surface area contributed by atoms with Gasteiger partial charge in [-0.3, -0.25) is 14.5 Å². The number of para-hydroxylation sites is 2. The van der Waals surface area contributed by atoms with Crippen molar-refractivity contribution in [2.24, 2.45) is 0 Å². The molecule has 5 rings (SSSR count). The molecule has 5 aromatic rings. The molecule has 0 fully saturated rings. The van der Waals surface area contributed by atoms with Crippen LogP contribution in [0.3, 0.4) is 0 Å². The summed E-state index contributed by atoms with van der Waals surface area (Å²) >= 11 is 1.42. The van der Waals surface area contributed by atoms with Crippen LogP contribution in [0.5, 0.6) is 0 Å². The van der Waals surface area contributed by atoms with E-state index in [9.17, 15) is 9.59 Å². The number of carbonyl (C=O) groups is 1. The average Bonchev–Trinajstić information content (AvgIpc) is 3.22. The molecule has 0 spiro atoms. The summed E-state index contributed by atoms with van der Waals surface area (Å²) in [5.41, 5.74) is 1.85. The Bertz CT molecular complexity index is 1390. The summed E-state index contributed by atoms with van der Waals surface area (Å²) in [6, 6.07) is 24.3. The van der Waals surface area contributed by atoms with Crippen LogP contribution in [0.15, 0.2) is 94.3 Å². The number of hydrogen-bond acceptors (Lipinski definition) is 5. The Balaban J connectivity index is 1.63. The van der Waals surface area contributed by atoms with Gasteiger partial charge in [0.2, 0.25) is 5.43 Å². The molecule has 5 nitrogen and oxygen atoms in total. The third-order valence-corrected chi connectivity index (χ3v) is 5.91. The molecule has 0 N–H and O–H groups in total. The SMILES string of the molecule is O=C(c1coc2ccccc2c1=O)N(Cc1ccccc1)c1nc2ccccc2s1. The molecule has 146 valence electrons. The van der Waals surface area contributed by atoms with Gasteiger partial charge in [-0.1, -0.05) is 65.9 Å². The highest BCUT2D eigenvalue weighted by atomic mass is 32.1. The Kier molecular flexibility index (Phi) is 4.61. The predicted molar refractivity (Wildman–Crippen MR) is 119 cm³/mol. The largest absolute Gasteiger partial charge is 0.463 e. The van der Waals surface area contributed by atoms with Gasteiger partial charge in [0.05, 0.1) is 22.1 Å². The molecule has 6 heteroatoms. The average molecular weight is 412 g/mol. The summed E-state index contributed by atoms with van der Waals surface area (Å²) in [5, 5.41) is 0.921. The van der Waals surface area contributed by atoms with E-state index < -0.39 is 5.91 Å². The van der Waals surface area contributed by atoms with Crippen LogP contribution < -0.4 is 10.3 Å². The molecule has 0 aliphatic carbocycles. The van der Waals surface area contributed by atoms with Gasteiger partial charge >= 0.3 is 0 Å². The Morgan fingerprint density at radius 2 is 1.67 bits per heavy atom. The number of benzene rings is 3. The van der Waals surface area contributed by atoms with Crippen molar-refractivity contribution in [3.63, 3.8) is 0 Å². The topological polar surface area (TPSA) is 63.4 Å². The number of nitrogens with zero attached hydrogens (tertiary/aromatic N) is 2. The maximum atomic E-state index is 13.5. The van der Waals surface area contributed by atoms with Gasteiger partial charge in [0.25, 0.3) is 5.91 Å². The van der Waals surface area contributed by atoms with Crippen molar-refractivity contribution < 1.29 is 9.21 Å². The zero-order valence-corrected chi connectivity index (χ0v) is 16.6. The van der Waals surface area contributed by atoms with Crippen LogP contribution in [0.2, 0.25) is 0 Å². The molecular formula is C24H16N2O3S. The first kappa shape index (κ1) is 18.3. The maximum Gasteiger partial charge on any atom is 0.267 e. The van der Waals surface area contributed by atoms with Crippen molar-refractivity contribution in [3.05, 3.63) is 106 Å². The number of hydrogen-bond donors (Lipinski definition) is 0. The summed E-state index contributed by atoms with van der Waals surface area (Å²) < 4.78 is 6.55. The van der Waals surface area contributed by atoms with Crippen LogP contribution in [0, 0.1) is 0 Å². The highest BCUT2D eigenvalue weighted by Gasteiger charge is 2.25. The minimum atomic E-state index is -0.433. The van der Waals surface area contributed by atoms with Gasteiger partial charge in [-0.2, -0.15) is 0 Å². The summed E-state index contributed by atoms with van der Waals surface area (Å²) in [4.78, 5) is 32.7. The summed E-state index contributed by atoms with van der Waals surface area (Å²) in [6.07, 6.45) is 1.25. The minimum absolute atomic E-state index is 0.0103. The molecule has 0 bridgehead atoms. The standard InChI is InChI=1S/C24H16N2O3S/c27-22-17-10-4-6-12-20(17)29-15-18(22)23(28)26(14-16-8-2-1-3-9-16)24-25-19-11-5-7-13-21(19)30-24/h1-13,15H,14H2. The molecule has 2 heterocycles. The second-order valence-corrected chi connectivity index (χ2v) is 7.82. The van der Waals surface area contributed by atoms with E-state index in [-0.39, 0.29) is 11.0 Å². The first-order valence-corrected chi connectivity index (χ1v) is 10.2. The van der Waals surface area contributed by atoms with E-state index in [4.69, 9.17) is 4.42 Å². The number of anilines is 1. The molecule has 3 aromatic carbocycles. The van der Waals surface area contributed by atoms with Crippen molar-refractivity contribution in [3.8, 4) is 0 Å². The van der Waals surface area contributed by atoms with Crippen molar-refractivity contribution in [1.29, 1.82) is 0 Å². The molecule has 1 amide bonds. The van der Waals surface area contributed by atoms with Crippen LogP contribution in [-0.4, -0.2) is 10.9 Å². The number of fused-ring (bicyclic) bond motifs is 2. The second kappa shape index (κ2) is 7.57. The predicted octanol–water partition coefficient (Wildman–Crippen LogP) is 5.25. The monoisotopic (exact) mass is 412 g/mol. The third-order valence-electron chi connectivity index (χ3n) is 4.85. The van der Waals surface area contributed by atoms with Crippen LogP contribution in [-0.2, 0) is 6.54 Å². The minimum Gasteiger partial charge on any atom is -0.463 e. The second-order valence-electron chi connectivity index (χ2n) is 6.82. The fourth-order valence-corrected chi connectivity index (χ4v) is 4.30. The lowest BCUT2D eigenvalue weighted by atomic mass is 10.1. The van der Waals surface area contributed by atoms with Crippen molar-refractivity contribution in [2.45, 2.75) is 6.54 Å². The van der Waals surface area contributed by atoms with Gasteiger partial charge in [0.15, 0.2) is 5.13 Å². The number of rotatable bonds is 4. The van der Waals surface area contributed by atoms with E-state index in [1.54, 1.807) is 29.2 Å². The molecule has 0 unspecified atom stereocenters. The number of aromatic nitrogens is 1. The smallest absolute Gasteiger partial charge is 0.267 e. The lowest BCUT2D eigenvalue weighted by Crippen LogP contribution is -2.33. The van der Waals surface area contributed by atoms with Gasteiger partial charge in [0.1, 0.15) is 17.4 Å². The van der Waals surface area contributed by atoms with E-state index in [1.165, 1.54) is 17.6 Å². The van der Waals surface area contributed by atoms with Gasteiger partial charge in [-0.25, -0.2) is 4.98 Å². The number of thiazole rings is 1. The molecule has 30 heavy (non-hydrogen) atoms. The molecule has 0 aliphatic rings. The number of carbonyl (C=O) groups excluding carboxylic acids is 1. The van der Waals surface area contributed by atoms with Crippen LogP contribution in [0.4, 0.5) is 5.13 Å². The van der Waals surface area contributed by atoms with Crippen LogP contribution in [0.1, 0.15) is 15.9 Å². The van der Waals surface area contributed by atoms with Gasteiger partial charge < -0.3 is 4.42 Å². The van der Waals surface area contributed by atoms with Crippen LogP contribution >= 0.6 is 11.3 Å². The van der Waals surface area contributed by atoms with Gasteiger partial charge in [0, 0.05) is 0 Å². The fraction of sp³-hybridized carbons (Fsp3) is 0.0417. The van der Waals surface area contributed by atoms with Crippen LogP contribution in [0.25, 0.3) is 21.2 Å². The Hall–Kier alpha value is -3.77. The lowest BCUT2D eigenvalue weighted by Gasteiger charge is -2.19. The first-order chi connectivity index (χ1) is 14.7. The highest BCUT2D eigenvalue weighted by molar-refractivity contribution is 7.22. The molecule has 0 radical (unpaired) electrons.